The van der Waals surface area contributed by atoms with Crippen molar-refractivity contribution in [1.29, 1.82) is 0 Å². The number of benzene rings is 1. The minimum absolute atomic E-state index is 0.159. The van der Waals surface area contributed by atoms with Gasteiger partial charge in [-0.1, -0.05) is 24.6 Å². The summed E-state index contributed by atoms with van der Waals surface area (Å²) in [5.74, 6) is 0. The van der Waals surface area contributed by atoms with Crippen molar-refractivity contribution in [2.45, 2.75) is 31.8 Å². The number of nitrogens with two attached hydrogens (primary N) is 1. The first-order valence-electron chi connectivity index (χ1n) is 8.25. The summed E-state index contributed by atoms with van der Waals surface area (Å²) < 4.78 is 0. The molecule has 24 heavy (non-hydrogen) atoms. The van der Waals surface area contributed by atoms with Crippen molar-refractivity contribution in [3.05, 3.63) is 41.4 Å². The maximum Gasteiger partial charge on any atom is 0.319 e. The lowest BCUT2D eigenvalue weighted by atomic mass is 10.0. The van der Waals surface area contributed by atoms with Gasteiger partial charge >= 0.3 is 6.03 Å². The topological polar surface area (TPSA) is 83.3 Å². The number of urea groups is 1. The Labute approximate surface area is 146 Å². The summed E-state index contributed by atoms with van der Waals surface area (Å²) in [6, 6.07) is 9.67. The average Bonchev–Trinajstić information content (AvgIpc) is 3.00. The zero-order valence-corrected chi connectivity index (χ0v) is 14.4. The van der Waals surface area contributed by atoms with Gasteiger partial charge in [0.05, 0.1) is 0 Å². The number of piperidine rings is 1. The smallest absolute Gasteiger partial charge is 0.319 e. The van der Waals surface area contributed by atoms with Gasteiger partial charge in [-0.2, -0.15) is 0 Å². The Hall–Kier alpha value is -2.12. The lowest BCUT2D eigenvalue weighted by Gasteiger charge is -2.35. The first kappa shape index (κ1) is 16.7. The molecule has 1 aromatic heterocycles. The zero-order chi connectivity index (χ0) is 16.8. The maximum atomic E-state index is 12.1. The summed E-state index contributed by atoms with van der Waals surface area (Å²) in [4.78, 5) is 19.8. The summed E-state index contributed by atoms with van der Waals surface area (Å²) in [5.41, 5.74) is 6.52. The standard InChI is InChI=1S/C17H23N5OS/c18-16-19-11-15(24-16)12-22-9-5-4-8-14(22)10-20-17(23)21-13-6-2-1-3-7-13/h1-3,6-7,11,14H,4-5,8-10,12H2,(H2,18,19)(H2,20,21,23). The van der Waals surface area contributed by atoms with Crippen molar-refractivity contribution in [2.75, 3.05) is 24.1 Å². The van der Waals surface area contributed by atoms with E-state index in [0.29, 0.717) is 17.7 Å². The van der Waals surface area contributed by atoms with Crippen LogP contribution >= 0.6 is 11.3 Å². The number of amides is 2. The molecule has 2 amide bonds. The van der Waals surface area contributed by atoms with Gasteiger partial charge in [0.25, 0.3) is 0 Å². The highest BCUT2D eigenvalue weighted by Crippen LogP contribution is 2.22. The highest BCUT2D eigenvalue weighted by atomic mass is 32.1. The molecule has 1 atom stereocenters. The van der Waals surface area contributed by atoms with Gasteiger partial charge in [0, 0.05) is 35.9 Å². The molecule has 1 aliphatic heterocycles. The van der Waals surface area contributed by atoms with Gasteiger partial charge in [-0.25, -0.2) is 9.78 Å². The van der Waals surface area contributed by atoms with E-state index >= 15 is 0 Å². The Morgan fingerprint density at radius 2 is 2.17 bits per heavy atom. The van der Waals surface area contributed by atoms with Crippen LogP contribution in [0.3, 0.4) is 0 Å². The number of nitrogens with one attached hydrogen (secondary N) is 2. The van der Waals surface area contributed by atoms with Crippen molar-refractivity contribution in [3.8, 4) is 0 Å². The maximum absolute atomic E-state index is 12.1. The van der Waals surface area contributed by atoms with Crippen LogP contribution in [0.4, 0.5) is 15.6 Å². The molecule has 1 saturated heterocycles. The molecule has 2 aromatic rings. The molecule has 1 aliphatic rings. The fraction of sp³-hybridized carbons (Fsp3) is 0.412. The quantitative estimate of drug-likeness (QED) is 0.778. The molecule has 128 valence electrons. The molecule has 7 heteroatoms. The average molecular weight is 345 g/mol. The van der Waals surface area contributed by atoms with Crippen LogP contribution < -0.4 is 16.4 Å². The number of rotatable bonds is 5. The summed E-state index contributed by atoms with van der Waals surface area (Å²) in [6.45, 7) is 2.54. The second kappa shape index (κ2) is 8.12. The number of aromatic nitrogens is 1. The Morgan fingerprint density at radius 1 is 1.33 bits per heavy atom. The molecule has 1 fully saturated rings. The third kappa shape index (κ3) is 4.69. The highest BCUT2D eigenvalue weighted by molar-refractivity contribution is 7.15. The second-order valence-corrected chi connectivity index (χ2v) is 7.13. The van der Waals surface area contributed by atoms with Gasteiger partial charge in [0.15, 0.2) is 5.13 Å². The molecule has 1 unspecified atom stereocenters. The van der Waals surface area contributed by atoms with Crippen LogP contribution in [0.5, 0.6) is 0 Å². The third-order valence-electron chi connectivity index (χ3n) is 4.21. The predicted octanol–water partition coefficient (Wildman–Crippen LogP) is 2.90. The van der Waals surface area contributed by atoms with E-state index in [1.165, 1.54) is 29.1 Å². The molecule has 0 spiro atoms. The van der Waals surface area contributed by atoms with Crippen molar-refractivity contribution >= 4 is 28.2 Å². The largest absolute Gasteiger partial charge is 0.375 e. The third-order valence-corrected chi connectivity index (χ3v) is 5.02. The van der Waals surface area contributed by atoms with Gasteiger partial charge < -0.3 is 16.4 Å². The minimum atomic E-state index is -0.159. The van der Waals surface area contributed by atoms with Crippen LogP contribution in [-0.2, 0) is 6.54 Å². The summed E-state index contributed by atoms with van der Waals surface area (Å²) in [7, 11) is 0. The fourth-order valence-corrected chi connectivity index (χ4v) is 3.71. The molecular weight excluding hydrogens is 322 g/mol. The van der Waals surface area contributed by atoms with Crippen molar-refractivity contribution in [1.82, 2.24) is 15.2 Å². The minimum Gasteiger partial charge on any atom is -0.375 e. The highest BCUT2D eigenvalue weighted by Gasteiger charge is 2.23. The molecule has 3 rings (SSSR count). The number of thiazole rings is 1. The van der Waals surface area contributed by atoms with Gasteiger partial charge in [-0.15, -0.1) is 11.3 Å². The van der Waals surface area contributed by atoms with Crippen molar-refractivity contribution < 1.29 is 4.79 Å². The van der Waals surface area contributed by atoms with Crippen LogP contribution in [0, 0.1) is 0 Å². The normalized spacial score (nSPS) is 18.2. The number of carbonyl (C=O) groups is 1. The molecule has 1 aromatic carbocycles. The molecular formula is C17H23N5OS. The number of hydrogen-bond donors (Lipinski definition) is 3. The number of likely N-dealkylation sites (tertiary alicyclic amines) is 1. The van der Waals surface area contributed by atoms with Crippen LogP contribution in [0.25, 0.3) is 0 Å². The van der Waals surface area contributed by atoms with Gasteiger partial charge in [0.1, 0.15) is 0 Å². The van der Waals surface area contributed by atoms with E-state index in [0.717, 1.165) is 25.2 Å². The monoisotopic (exact) mass is 345 g/mol. The fourth-order valence-electron chi connectivity index (χ4n) is 3.00. The molecule has 2 heterocycles. The summed E-state index contributed by atoms with van der Waals surface area (Å²) in [5, 5.41) is 6.46. The number of para-hydroxylation sites is 1. The van der Waals surface area contributed by atoms with E-state index in [1.54, 1.807) is 0 Å². The van der Waals surface area contributed by atoms with Crippen molar-refractivity contribution in [3.63, 3.8) is 0 Å². The lowest BCUT2D eigenvalue weighted by molar-refractivity contribution is 0.140. The van der Waals surface area contributed by atoms with Gasteiger partial charge in [-0.05, 0) is 31.5 Å². The number of carbonyl (C=O) groups excluding carboxylic acids is 1. The molecule has 0 aliphatic carbocycles. The van der Waals surface area contributed by atoms with Crippen LogP contribution in [0.15, 0.2) is 36.5 Å². The molecule has 0 bridgehead atoms. The van der Waals surface area contributed by atoms with Crippen LogP contribution in [0.1, 0.15) is 24.1 Å². The first-order valence-corrected chi connectivity index (χ1v) is 9.06. The Balaban J connectivity index is 1.51. The molecule has 0 saturated carbocycles. The van der Waals surface area contributed by atoms with E-state index < -0.39 is 0 Å². The van der Waals surface area contributed by atoms with E-state index in [-0.39, 0.29) is 6.03 Å². The molecule has 0 radical (unpaired) electrons. The lowest BCUT2D eigenvalue weighted by Crippen LogP contribution is -2.46. The Kier molecular flexibility index (Phi) is 5.66. The second-order valence-electron chi connectivity index (χ2n) is 5.99. The van der Waals surface area contributed by atoms with Gasteiger partial charge in [0.2, 0.25) is 0 Å². The van der Waals surface area contributed by atoms with E-state index in [9.17, 15) is 4.79 Å². The zero-order valence-electron chi connectivity index (χ0n) is 13.6. The SMILES string of the molecule is Nc1ncc(CN2CCCCC2CNC(=O)Nc2ccccc2)s1. The number of nitrogen functional groups attached to an aromatic ring is 1. The molecule has 4 N–H and O–H groups in total. The first-order chi connectivity index (χ1) is 11.7. The summed E-state index contributed by atoms with van der Waals surface area (Å²) >= 11 is 1.53. The van der Waals surface area contributed by atoms with Crippen molar-refractivity contribution in [2.24, 2.45) is 0 Å². The number of anilines is 2. The number of nitrogens with zero attached hydrogens (tertiary/aromatic N) is 2. The van der Waals surface area contributed by atoms with E-state index in [1.807, 2.05) is 36.5 Å². The summed E-state index contributed by atoms with van der Waals surface area (Å²) in [6.07, 6.45) is 5.34. The van der Waals surface area contributed by atoms with E-state index in [2.05, 4.69) is 20.5 Å². The molecule has 6 nitrogen and oxygen atoms in total. The predicted molar refractivity (Wildman–Crippen MR) is 98.0 cm³/mol. The number of hydrogen-bond acceptors (Lipinski definition) is 5. The Bertz CT molecular complexity index is 660. The van der Waals surface area contributed by atoms with Crippen LogP contribution in [-0.4, -0.2) is 35.0 Å². The van der Waals surface area contributed by atoms with E-state index in [4.69, 9.17) is 5.73 Å². The Morgan fingerprint density at radius 3 is 2.92 bits per heavy atom. The van der Waals surface area contributed by atoms with Gasteiger partial charge in [-0.3, -0.25) is 4.90 Å². The van der Waals surface area contributed by atoms with Crippen LogP contribution in [0.2, 0.25) is 0 Å².